The van der Waals surface area contributed by atoms with Crippen LogP contribution in [0.25, 0.3) is 0 Å². The molecule has 0 amide bonds. The molecule has 0 saturated heterocycles. The fraction of sp³-hybridized carbons (Fsp3) is 0.385. The summed E-state index contributed by atoms with van der Waals surface area (Å²) in [7, 11) is 0. The van der Waals surface area contributed by atoms with E-state index in [1.54, 1.807) is 24.3 Å². The zero-order valence-electron chi connectivity index (χ0n) is 10.1. The van der Waals surface area contributed by atoms with E-state index in [0.717, 1.165) is 0 Å². The monoisotopic (exact) mass is 236 g/mol. The number of carboxylic acid groups (broad SMARTS) is 1. The van der Waals surface area contributed by atoms with Crippen LogP contribution < -0.4 is 4.74 Å². The smallest absolute Gasteiger partial charge is 0.314 e. The summed E-state index contributed by atoms with van der Waals surface area (Å²) in [5, 5.41) is 8.74. The van der Waals surface area contributed by atoms with Gasteiger partial charge in [-0.25, -0.2) is 0 Å². The van der Waals surface area contributed by atoms with Crippen LogP contribution in [0.2, 0.25) is 0 Å². The van der Waals surface area contributed by atoms with Gasteiger partial charge in [0.25, 0.3) is 0 Å². The van der Waals surface area contributed by atoms with Crippen molar-refractivity contribution >= 4 is 11.8 Å². The van der Waals surface area contributed by atoms with Gasteiger partial charge in [0, 0.05) is 5.56 Å². The molecule has 0 spiro atoms. The van der Waals surface area contributed by atoms with Crippen molar-refractivity contribution in [2.24, 2.45) is 5.92 Å². The van der Waals surface area contributed by atoms with Crippen molar-refractivity contribution < 1.29 is 19.4 Å². The molecule has 4 nitrogen and oxygen atoms in total. The molecule has 0 aliphatic heterocycles. The van der Waals surface area contributed by atoms with Crippen molar-refractivity contribution in [3.8, 4) is 5.75 Å². The highest BCUT2D eigenvalue weighted by Gasteiger charge is 2.21. The summed E-state index contributed by atoms with van der Waals surface area (Å²) < 4.78 is 5.43. The minimum absolute atomic E-state index is 0.0643. The maximum absolute atomic E-state index is 11.7. The summed E-state index contributed by atoms with van der Waals surface area (Å²) in [6, 6.07) is 6.50. The summed E-state index contributed by atoms with van der Waals surface area (Å²) in [6.45, 7) is 5.19. The number of aliphatic carboxylic acids is 1. The number of rotatable bonds is 5. The molecule has 0 radical (unpaired) electrons. The molecule has 1 unspecified atom stereocenters. The Kier molecular flexibility index (Phi) is 4.26. The number of ether oxygens (including phenoxy) is 1. The minimum atomic E-state index is -1.11. The highest BCUT2D eigenvalue weighted by molar-refractivity contribution is 6.07. The molecule has 1 aromatic carbocycles. The zero-order chi connectivity index (χ0) is 13.0. The van der Waals surface area contributed by atoms with Crippen molar-refractivity contribution in [3.63, 3.8) is 0 Å². The van der Waals surface area contributed by atoms with E-state index in [-0.39, 0.29) is 6.10 Å². The summed E-state index contributed by atoms with van der Waals surface area (Å²) in [5.74, 6) is -1.86. The number of Topliss-reactive ketones (excluding diaryl/α,β-unsaturated/α-hetero) is 1. The molecule has 92 valence electrons. The molecule has 0 fully saturated rings. The second-order valence-corrected chi connectivity index (χ2v) is 4.12. The van der Waals surface area contributed by atoms with Crippen molar-refractivity contribution in [2.45, 2.75) is 26.9 Å². The van der Waals surface area contributed by atoms with Crippen LogP contribution in [-0.4, -0.2) is 23.0 Å². The Morgan fingerprint density at radius 3 is 2.06 bits per heavy atom. The normalized spacial score (nSPS) is 12.2. The van der Waals surface area contributed by atoms with Crippen molar-refractivity contribution in [1.82, 2.24) is 0 Å². The Labute approximate surface area is 100 Å². The molecule has 0 aliphatic carbocycles. The number of hydrogen-bond acceptors (Lipinski definition) is 3. The van der Waals surface area contributed by atoms with E-state index in [2.05, 4.69) is 0 Å². The van der Waals surface area contributed by atoms with Crippen LogP contribution in [0.15, 0.2) is 24.3 Å². The zero-order valence-corrected chi connectivity index (χ0v) is 10.1. The average Bonchev–Trinajstić information content (AvgIpc) is 2.27. The lowest BCUT2D eigenvalue weighted by atomic mass is 10.00. The Morgan fingerprint density at radius 2 is 1.65 bits per heavy atom. The summed E-state index contributed by atoms with van der Waals surface area (Å²) in [5.41, 5.74) is 0.385. The van der Waals surface area contributed by atoms with Crippen LogP contribution >= 0.6 is 0 Å². The minimum Gasteiger partial charge on any atom is -0.491 e. The molecule has 0 bridgehead atoms. The predicted octanol–water partition coefficient (Wildman–Crippen LogP) is 2.38. The van der Waals surface area contributed by atoms with Crippen LogP contribution in [-0.2, 0) is 4.79 Å². The van der Waals surface area contributed by atoms with Gasteiger partial charge in [0.1, 0.15) is 11.7 Å². The molecule has 0 saturated carbocycles. The van der Waals surface area contributed by atoms with Crippen LogP contribution in [0, 0.1) is 5.92 Å². The molecule has 17 heavy (non-hydrogen) atoms. The predicted molar refractivity (Wildman–Crippen MR) is 63.3 cm³/mol. The van der Waals surface area contributed by atoms with E-state index in [9.17, 15) is 9.59 Å². The van der Waals surface area contributed by atoms with Crippen LogP contribution in [0.1, 0.15) is 31.1 Å². The first kappa shape index (κ1) is 13.2. The number of benzene rings is 1. The lowest BCUT2D eigenvalue weighted by Gasteiger charge is -2.10. The molecule has 0 aliphatic rings. The highest BCUT2D eigenvalue weighted by Crippen LogP contribution is 2.16. The third-order valence-corrected chi connectivity index (χ3v) is 2.27. The van der Waals surface area contributed by atoms with E-state index >= 15 is 0 Å². The third-order valence-electron chi connectivity index (χ3n) is 2.27. The molecule has 1 atom stereocenters. The first-order valence-electron chi connectivity index (χ1n) is 5.45. The van der Waals surface area contributed by atoms with Crippen LogP contribution in [0.4, 0.5) is 0 Å². The van der Waals surface area contributed by atoms with Crippen LogP contribution in [0.3, 0.4) is 0 Å². The molecule has 4 heteroatoms. The maximum Gasteiger partial charge on any atom is 0.314 e. The fourth-order valence-corrected chi connectivity index (χ4v) is 1.33. The SMILES string of the molecule is CC(C)Oc1ccc(C(=O)C(C)C(=O)O)cc1. The first-order valence-corrected chi connectivity index (χ1v) is 5.45. The molecule has 0 aromatic heterocycles. The largest absolute Gasteiger partial charge is 0.491 e. The second-order valence-electron chi connectivity index (χ2n) is 4.12. The number of carboxylic acids is 1. The number of carbonyl (C=O) groups is 2. The fourth-order valence-electron chi connectivity index (χ4n) is 1.33. The van der Waals surface area contributed by atoms with Gasteiger partial charge in [-0.2, -0.15) is 0 Å². The quantitative estimate of drug-likeness (QED) is 0.629. The van der Waals surface area contributed by atoms with Crippen LogP contribution in [0.5, 0.6) is 5.75 Å². The van der Waals surface area contributed by atoms with Gasteiger partial charge < -0.3 is 9.84 Å². The second kappa shape index (κ2) is 5.48. The Bertz CT molecular complexity index is 406. The molecule has 0 heterocycles. The van der Waals surface area contributed by atoms with Crippen molar-refractivity contribution in [1.29, 1.82) is 0 Å². The van der Waals surface area contributed by atoms with Crippen molar-refractivity contribution in [3.05, 3.63) is 29.8 Å². The average molecular weight is 236 g/mol. The Balaban J connectivity index is 2.80. The standard InChI is InChI=1S/C13H16O4/c1-8(2)17-11-6-4-10(5-7-11)12(14)9(3)13(15)16/h4-9H,1-3H3,(H,15,16). The molecule has 1 N–H and O–H groups in total. The van der Waals surface area contributed by atoms with Gasteiger partial charge >= 0.3 is 5.97 Å². The lowest BCUT2D eigenvalue weighted by molar-refractivity contribution is -0.139. The lowest BCUT2D eigenvalue weighted by Crippen LogP contribution is -2.20. The van der Waals surface area contributed by atoms with E-state index in [1.807, 2.05) is 13.8 Å². The summed E-state index contributed by atoms with van der Waals surface area (Å²) in [6.07, 6.45) is 0.0643. The van der Waals surface area contributed by atoms with E-state index in [1.165, 1.54) is 6.92 Å². The van der Waals surface area contributed by atoms with E-state index in [0.29, 0.717) is 11.3 Å². The van der Waals surface area contributed by atoms with E-state index in [4.69, 9.17) is 9.84 Å². The summed E-state index contributed by atoms with van der Waals surface area (Å²) in [4.78, 5) is 22.4. The Morgan fingerprint density at radius 1 is 1.12 bits per heavy atom. The number of hydrogen-bond donors (Lipinski definition) is 1. The molecular formula is C13H16O4. The van der Waals surface area contributed by atoms with Crippen molar-refractivity contribution in [2.75, 3.05) is 0 Å². The number of ketones is 1. The van der Waals surface area contributed by atoms with Gasteiger partial charge in [0.2, 0.25) is 0 Å². The topological polar surface area (TPSA) is 63.6 Å². The highest BCUT2D eigenvalue weighted by atomic mass is 16.5. The molecular weight excluding hydrogens is 220 g/mol. The van der Waals surface area contributed by atoms with E-state index < -0.39 is 17.7 Å². The molecule has 1 rings (SSSR count). The first-order chi connectivity index (χ1) is 7.91. The third kappa shape index (κ3) is 3.59. The maximum atomic E-state index is 11.7. The molecule has 1 aromatic rings. The van der Waals surface area contributed by atoms with Gasteiger partial charge in [-0.05, 0) is 45.0 Å². The van der Waals surface area contributed by atoms with Gasteiger partial charge in [0.15, 0.2) is 5.78 Å². The van der Waals surface area contributed by atoms with Gasteiger partial charge in [-0.3, -0.25) is 9.59 Å². The number of carbonyl (C=O) groups excluding carboxylic acids is 1. The van der Waals surface area contributed by atoms with Gasteiger partial charge in [0.05, 0.1) is 6.10 Å². The summed E-state index contributed by atoms with van der Waals surface area (Å²) >= 11 is 0. The van der Waals surface area contributed by atoms with Gasteiger partial charge in [-0.15, -0.1) is 0 Å². The Hall–Kier alpha value is -1.84. The van der Waals surface area contributed by atoms with Gasteiger partial charge in [-0.1, -0.05) is 0 Å².